The number of furan rings is 1. The summed E-state index contributed by atoms with van der Waals surface area (Å²) in [6.45, 7) is 1.80. The Morgan fingerprint density at radius 3 is 2.78 bits per heavy atom. The lowest BCUT2D eigenvalue weighted by Gasteiger charge is -2.02. The highest BCUT2D eigenvalue weighted by Crippen LogP contribution is 2.17. The zero-order valence-electron chi connectivity index (χ0n) is 12.4. The first kappa shape index (κ1) is 14.6. The predicted molar refractivity (Wildman–Crippen MR) is 86.8 cm³/mol. The van der Waals surface area contributed by atoms with Crippen molar-refractivity contribution >= 4 is 17.3 Å². The van der Waals surface area contributed by atoms with E-state index in [1.807, 2.05) is 12.1 Å². The van der Waals surface area contributed by atoms with Gasteiger partial charge >= 0.3 is 0 Å². The third kappa shape index (κ3) is 3.29. The molecule has 0 saturated heterocycles. The molecule has 7 heteroatoms. The highest BCUT2D eigenvalue weighted by atomic mass is 16.3. The Labute approximate surface area is 132 Å². The van der Waals surface area contributed by atoms with Gasteiger partial charge in [-0.3, -0.25) is 9.89 Å². The molecule has 7 nitrogen and oxygen atoms in total. The zero-order chi connectivity index (χ0) is 16.2. The van der Waals surface area contributed by atoms with Crippen molar-refractivity contribution in [1.82, 2.24) is 15.6 Å². The Morgan fingerprint density at radius 1 is 1.30 bits per heavy atom. The average molecular weight is 309 g/mol. The van der Waals surface area contributed by atoms with Gasteiger partial charge in [0.05, 0.1) is 12.0 Å². The molecular weight excluding hydrogens is 294 g/mol. The first-order valence-electron chi connectivity index (χ1n) is 6.93. The summed E-state index contributed by atoms with van der Waals surface area (Å²) in [4.78, 5) is 12.1. The van der Waals surface area contributed by atoms with Crippen molar-refractivity contribution in [1.29, 1.82) is 0 Å². The fourth-order valence-corrected chi connectivity index (χ4v) is 1.98. The fourth-order valence-electron chi connectivity index (χ4n) is 1.98. The van der Waals surface area contributed by atoms with Crippen molar-refractivity contribution < 1.29 is 9.21 Å². The number of nitrogens with one attached hydrogen (secondary N) is 2. The van der Waals surface area contributed by atoms with Gasteiger partial charge in [0.15, 0.2) is 11.5 Å². The maximum absolute atomic E-state index is 12.1. The molecule has 0 fully saturated rings. The van der Waals surface area contributed by atoms with Crippen LogP contribution >= 0.6 is 0 Å². The first-order valence-corrected chi connectivity index (χ1v) is 6.93. The zero-order valence-corrected chi connectivity index (χ0v) is 12.4. The van der Waals surface area contributed by atoms with Gasteiger partial charge in [-0.2, -0.15) is 10.2 Å². The van der Waals surface area contributed by atoms with Crippen molar-refractivity contribution in [3.8, 4) is 11.5 Å². The molecule has 0 spiro atoms. The van der Waals surface area contributed by atoms with Crippen molar-refractivity contribution in [3.05, 3.63) is 60.0 Å². The number of carbonyl (C=O) groups excluding carboxylic acids is 1. The molecule has 0 aliphatic heterocycles. The van der Waals surface area contributed by atoms with Crippen molar-refractivity contribution in [2.75, 3.05) is 5.73 Å². The molecule has 1 amide bonds. The van der Waals surface area contributed by atoms with Crippen LogP contribution in [0.15, 0.2) is 58.2 Å². The molecule has 3 aromatic rings. The lowest BCUT2D eigenvalue weighted by atomic mass is 10.1. The molecule has 2 aromatic heterocycles. The van der Waals surface area contributed by atoms with Gasteiger partial charge in [0.1, 0.15) is 5.69 Å². The summed E-state index contributed by atoms with van der Waals surface area (Å²) in [6, 6.07) is 12.4. The van der Waals surface area contributed by atoms with E-state index in [1.165, 1.54) is 0 Å². The normalized spacial score (nSPS) is 11.4. The van der Waals surface area contributed by atoms with Gasteiger partial charge in [-0.05, 0) is 36.8 Å². The number of benzene rings is 1. The van der Waals surface area contributed by atoms with Crippen LogP contribution in [-0.4, -0.2) is 21.8 Å². The molecule has 0 radical (unpaired) electrons. The van der Waals surface area contributed by atoms with E-state index in [2.05, 4.69) is 20.7 Å². The smallest absolute Gasteiger partial charge is 0.291 e. The Hall–Kier alpha value is -3.35. The van der Waals surface area contributed by atoms with Crippen LogP contribution in [0.4, 0.5) is 5.69 Å². The summed E-state index contributed by atoms with van der Waals surface area (Å²) in [5.41, 5.74) is 11.2. The maximum atomic E-state index is 12.1. The molecule has 116 valence electrons. The van der Waals surface area contributed by atoms with E-state index < -0.39 is 5.91 Å². The molecule has 1 aromatic carbocycles. The third-order valence-corrected chi connectivity index (χ3v) is 3.25. The van der Waals surface area contributed by atoms with Gasteiger partial charge < -0.3 is 10.2 Å². The molecule has 0 bridgehead atoms. The van der Waals surface area contributed by atoms with Crippen LogP contribution in [0, 0.1) is 0 Å². The summed E-state index contributed by atoms with van der Waals surface area (Å²) < 4.78 is 5.24. The third-order valence-electron chi connectivity index (χ3n) is 3.25. The van der Waals surface area contributed by atoms with Crippen molar-refractivity contribution in [2.24, 2.45) is 5.10 Å². The standard InChI is InChI=1S/C16H15N5O2/c1-10(11-4-6-12(17)7-5-11)18-21-16(22)14-9-13(19-20-14)15-3-2-8-23-15/h2-9H,17H2,1H3,(H,19,20)(H,21,22)/b18-10-. The minimum atomic E-state index is -0.408. The number of nitrogen functional groups attached to an aromatic ring is 1. The van der Waals surface area contributed by atoms with Gasteiger partial charge in [0, 0.05) is 11.8 Å². The van der Waals surface area contributed by atoms with E-state index in [-0.39, 0.29) is 5.69 Å². The number of amides is 1. The molecule has 23 heavy (non-hydrogen) atoms. The van der Waals surface area contributed by atoms with E-state index in [1.54, 1.807) is 43.5 Å². The number of aromatic nitrogens is 2. The molecule has 3 rings (SSSR count). The molecule has 2 heterocycles. The van der Waals surface area contributed by atoms with Gasteiger partial charge in [0.25, 0.3) is 5.91 Å². The quantitative estimate of drug-likeness (QED) is 0.390. The summed E-state index contributed by atoms with van der Waals surface area (Å²) in [5, 5.41) is 10.8. The van der Waals surface area contributed by atoms with Crippen LogP contribution in [0.3, 0.4) is 0 Å². The number of hydrogen-bond donors (Lipinski definition) is 3. The van der Waals surface area contributed by atoms with Crippen LogP contribution in [0.5, 0.6) is 0 Å². The van der Waals surface area contributed by atoms with Crippen LogP contribution in [0.2, 0.25) is 0 Å². The second-order valence-corrected chi connectivity index (χ2v) is 4.90. The minimum Gasteiger partial charge on any atom is -0.463 e. The van der Waals surface area contributed by atoms with Crippen LogP contribution in [0.25, 0.3) is 11.5 Å². The number of aromatic amines is 1. The van der Waals surface area contributed by atoms with E-state index in [4.69, 9.17) is 10.2 Å². The van der Waals surface area contributed by atoms with Crippen LogP contribution in [0.1, 0.15) is 23.0 Å². The second-order valence-electron chi connectivity index (χ2n) is 4.90. The number of anilines is 1. The largest absolute Gasteiger partial charge is 0.463 e. The highest BCUT2D eigenvalue weighted by Gasteiger charge is 2.12. The molecule has 0 atom stereocenters. The number of carbonyl (C=O) groups is 1. The number of hydrogen-bond acceptors (Lipinski definition) is 5. The van der Waals surface area contributed by atoms with Gasteiger partial charge in [-0.1, -0.05) is 12.1 Å². The van der Waals surface area contributed by atoms with E-state index >= 15 is 0 Å². The molecule has 0 aliphatic carbocycles. The molecule has 0 saturated carbocycles. The Balaban J connectivity index is 1.69. The monoisotopic (exact) mass is 309 g/mol. The van der Waals surface area contributed by atoms with Gasteiger partial charge in [0.2, 0.25) is 0 Å². The summed E-state index contributed by atoms with van der Waals surface area (Å²) >= 11 is 0. The summed E-state index contributed by atoms with van der Waals surface area (Å²) in [5.74, 6) is 0.201. The summed E-state index contributed by atoms with van der Waals surface area (Å²) in [7, 11) is 0. The van der Waals surface area contributed by atoms with Crippen LogP contribution in [-0.2, 0) is 0 Å². The Morgan fingerprint density at radius 2 is 2.09 bits per heavy atom. The van der Waals surface area contributed by atoms with Gasteiger partial charge in [-0.25, -0.2) is 5.43 Å². The second kappa shape index (κ2) is 6.18. The topological polar surface area (TPSA) is 109 Å². The van der Waals surface area contributed by atoms with Crippen molar-refractivity contribution in [3.63, 3.8) is 0 Å². The van der Waals surface area contributed by atoms with Crippen LogP contribution < -0.4 is 11.2 Å². The number of hydrazone groups is 1. The lowest BCUT2D eigenvalue weighted by molar-refractivity contribution is 0.0950. The minimum absolute atomic E-state index is 0.227. The Bertz CT molecular complexity index is 832. The van der Waals surface area contributed by atoms with Gasteiger partial charge in [-0.15, -0.1) is 0 Å². The average Bonchev–Trinajstić information content (AvgIpc) is 3.23. The van der Waals surface area contributed by atoms with E-state index in [0.29, 0.717) is 22.9 Å². The lowest BCUT2D eigenvalue weighted by Crippen LogP contribution is -2.19. The summed E-state index contributed by atoms with van der Waals surface area (Å²) in [6.07, 6.45) is 1.55. The molecule has 0 aliphatic rings. The molecular formula is C16H15N5O2. The maximum Gasteiger partial charge on any atom is 0.291 e. The Kier molecular flexibility index (Phi) is 3.92. The number of nitrogens with zero attached hydrogens (tertiary/aromatic N) is 2. The SMILES string of the molecule is C/C(=N/NC(=O)c1cc(-c2ccco2)[nH]n1)c1ccc(N)cc1. The highest BCUT2D eigenvalue weighted by molar-refractivity contribution is 6.00. The molecule has 4 N–H and O–H groups in total. The van der Waals surface area contributed by atoms with E-state index in [9.17, 15) is 4.79 Å². The fraction of sp³-hybridized carbons (Fsp3) is 0.0625. The van der Waals surface area contributed by atoms with E-state index in [0.717, 1.165) is 5.56 Å². The number of nitrogens with two attached hydrogens (primary N) is 1. The van der Waals surface area contributed by atoms with Crippen molar-refractivity contribution in [2.45, 2.75) is 6.92 Å². The predicted octanol–water partition coefficient (Wildman–Crippen LogP) is 2.41. The number of H-pyrrole nitrogens is 1. The molecule has 0 unspecified atom stereocenters. The number of rotatable bonds is 4. The first-order chi connectivity index (χ1) is 11.1.